The van der Waals surface area contributed by atoms with Gasteiger partial charge in [-0.25, -0.2) is 4.39 Å². The van der Waals surface area contributed by atoms with E-state index in [9.17, 15) is 9.50 Å². The molecule has 0 saturated carbocycles. The normalized spacial score (nSPS) is 10.8. The van der Waals surface area contributed by atoms with E-state index in [2.05, 4.69) is 15.6 Å². The second-order valence-corrected chi connectivity index (χ2v) is 5.19. The Morgan fingerprint density at radius 2 is 1.92 bits per heavy atom. The molecule has 0 fully saturated rings. The van der Waals surface area contributed by atoms with Crippen molar-refractivity contribution in [2.45, 2.75) is 13.0 Å². The van der Waals surface area contributed by atoms with Gasteiger partial charge in [0.1, 0.15) is 17.3 Å². The van der Waals surface area contributed by atoms with E-state index in [1.54, 1.807) is 44.5 Å². The zero-order valence-electron chi connectivity index (χ0n) is 14.3. The molecular weight excluding hydrogens is 436 g/mol. The van der Waals surface area contributed by atoms with Gasteiger partial charge in [-0.05, 0) is 36.2 Å². The first-order valence-electron chi connectivity index (χ1n) is 7.68. The molecule has 0 saturated heterocycles. The molecule has 136 valence electrons. The van der Waals surface area contributed by atoms with Crippen molar-refractivity contribution in [1.82, 2.24) is 10.6 Å². The second-order valence-electron chi connectivity index (χ2n) is 5.19. The summed E-state index contributed by atoms with van der Waals surface area (Å²) in [5, 5.41) is 16.1. The van der Waals surface area contributed by atoms with Crippen molar-refractivity contribution in [3.8, 4) is 11.5 Å². The summed E-state index contributed by atoms with van der Waals surface area (Å²) in [7, 11) is 3.23. The molecule has 0 aromatic heterocycles. The number of hydrogen-bond acceptors (Lipinski definition) is 3. The van der Waals surface area contributed by atoms with E-state index in [0.29, 0.717) is 42.3 Å². The topological polar surface area (TPSA) is 65.9 Å². The quantitative estimate of drug-likeness (QED) is 0.353. The summed E-state index contributed by atoms with van der Waals surface area (Å²) in [5.41, 5.74) is 1.36. The Morgan fingerprint density at radius 1 is 1.16 bits per heavy atom. The van der Waals surface area contributed by atoms with Crippen LogP contribution in [-0.2, 0) is 13.0 Å². The number of halogens is 2. The minimum absolute atomic E-state index is 0. The third kappa shape index (κ3) is 6.41. The molecule has 0 heterocycles. The molecule has 0 spiro atoms. The van der Waals surface area contributed by atoms with Gasteiger partial charge in [0.15, 0.2) is 5.96 Å². The van der Waals surface area contributed by atoms with Gasteiger partial charge in [-0.1, -0.05) is 18.2 Å². The highest BCUT2D eigenvalue weighted by Gasteiger charge is 2.05. The lowest BCUT2D eigenvalue weighted by atomic mass is 10.1. The van der Waals surface area contributed by atoms with Gasteiger partial charge in [-0.3, -0.25) is 4.99 Å². The van der Waals surface area contributed by atoms with E-state index in [0.717, 1.165) is 0 Å². The van der Waals surface area contributed by atoms with Crippen molar-refractivity contribution >= 4 is 29.9 Å². The Balaban J connectivity index is 0.00000312. The summed E-state index contributed by atoms with van der Waals surface area (Å²) in [6, 6.07) is 11.7. The number of phenolic OH excluding ortho intramolecular Hbond substituents is 1. The van der Waals surface area contributed by atoms with Crippen molar-refractivity contribution in [3.05, 3.63) is 59.4 Å². The minimum Gasteiger partial charge on any atom is -0.508 e. The maximum absolute atomic E-state index is 13.6. The first kappa shape index (κ1) is 21.0. The van der Waals surface area contributed by atoms with Crippen LogP contribution in [0.2, 0.25) is 0 Å². The third-order valence-electron chi connectivity index (χ3n) is 3.60. The molecule has 7 heteroatoms. The monoisotopic (exact) mass is 459 g/mol. The highest BCUT2D eigenvalue weighted by molar-refractivity contribution is 14.0. The van der Waals surface area contributed by atoms with Crippen molar-refractivity contribution in [2.24, 2.45) is 4.99 Å². The second kappa shape index (κ2) is 10.8. The number of hydrogen-bond donors (Lipinski definition) is 3. The number of nitrogens with one attached hydrogen (secondary N) is 2. The molecule has 2 rings (SSSR count). The summed E-state index contributed by atoms with van der Waals surface area (Å²) in [5.74, 6) is 1.23. The molecule has 2 aromatic carbocycles. The molecule has 0 atom stereocenters. The fraction of sp³-hybridized carbons (Fsp3) is 0.278. The van der Waals surface area contributed by atoms with E-state index in [4.69, 9.17) is 4.74 Å². The van der Waals surface area contributed by atoms with Crippen LogP contribution in [0.3, 0.4) is 0 Å². The SMILES string of the molecule is CN=C(NCCc1ccccc1F)NCc1cc(OC)ccc1O.I. The summed E-state index contributed by atoms with van der Waals surface area (Å²) >= 11 is 0. The van der Waals surface area contributed by atoms with Crippen LogP contribution >= 0.6 is 24.0 Å². The molecule has 0 aliphatic heterocycles. The molecule has 25 heavy (non-hydrogen) atoms. The fourth-order valence-electron chi connectivity index (χ4n) is 2.25. The summed E-state index contributed by atoms with van der Waals surface area (Å²) < 4.78 is 18.7. The number of aromatic hydroxyl groups is 1. The predicted molar refractivity (Wildman–Crippen MR) is 108 cm³/mol. The van der Waals surface area contributed by atoms with Crippen molar-refractivity contribution in [3.63, 3.8) is 0 Å². The van der Waals surface area contributed by atoms with Gasteiger partial charge in [-0.15, -0.1) is 24.0 Å². The van der Waals surface area contributed by atoms with Crippen molar-refractivity contribution < 1.29 is 14.2 Å². The Kier molecular flexibility index (Phi) is 9.04. The zero-order valence-corrected chi connectivity index (χ0v) is 16.6. The third-order valence-corrected chi connectivity index (χ3v) is 3.60. The average molecular weight is 459 g/mol. The van der Waals surface area contributed by atoms with Gasteiger partial charge in [-0.2, -0.15) is 0 Å². The number of phenols is 1. The fourth-order valence-corrected chi connectivity index (χ4v) is 2.25. The van der Waals surface area contributed by atoms with Crippen LogP contribution in [0.1, 0.15) is 11.1 Å². The smallest absolute Gasteiger partial charge is 0.191 e. The van der Waals surface area contributed by atoms with Gasteiger partial charge in [0.2, 0.25) is 0 Å². The number of aliphatic imine (C=N–C) groups is 1. The van der Waals surface area contributed by atoms with Crippen LogP contribution < -0.4 is 15.4 Å². The maximum atomic E-state index is 13.6. The zero-order chi connectivity index (χ0) is 17.4. The van der Waals surface area contributed by atoms with Crippen LogP contribution in [0.5, 0.6) is 11.5 Å². The van der Waals surface area contributed by atoms with E-state index in [1.165, 1.54) is 6.07 Å². The molecule has 0 radical (unpaired) electrons. The lowest BCUT2D eigenvalue weighted by Gasteiger charge is -2.13. The first-order chi connectivity index (χ1) is 11.6. The number of ether oxygens (including phenoxy) is 1. The summed E-state index contributed by atoms with van der Waals surface area (Å²) in [4.78, 5) is 4.12. The van der Waals surface area contributed by atoms with Gasteiger partial charge in [0.05, 0.1) is 7.11 Å². The standard InChI is InChI=1S/C18H22FN3O2.HI/c1-20-18(21-10-9-13-5-3-4-6-16(13)19)22-12-14-11-15(24-2)7-8-17(14)23;/h3-8,11,23H,9-10,12H2,1-2H3,(H2,20,21,22);1H. The largest absolute Gasteiger partial charge is 0.508 e. The molecule has 2 aromatic rings. The van der Waals surface area contributed by atoms with Gasteiger partial charge >= 0.3 is 0 Å². The Morgan fingerprint density at radius 3 is 2.60 bits per heavy atom. The van der Waals surface area contributed by atoms with E-state index < -0.39 is 0 Å². The van der Waals surface area contributed by atoms with E-state index >= 15 is 0 Å². The maximum Gasteiger partial charge on any atom is 0.191 e. The van der Waals surface area contributed by atoms with Crippen molar-refractivity contribution in [2.75, 3.05) is 20.7 Å². The summed E-state index contributed by atoms with van der Waals surface area (Å²) in [6.45, 7) is 0.938. The lowest BCUT2D eigenvalue weighted by Crippen LogP contribution is -2.37. The van der Waals surface area contributed by atoms with Gasteiger partial charge in [0, 0.05) is 25.7 Å². The molecule has 0 amide bonds. The van der Waals surface area contributed by atoms with Gasteiger partial charge in [0.25, 0.3) is 0 Å². The lowest BCUT2D eigenvalue weighted by molar-refractivity contribution is 0.410. The Bertz CT molecular complexity index is 710. The highest BCUT2D eigenvalue weighted by atomic mass is 127. The van der Waals surface area contributed by atoms with Crippen molar-refractivity contribution in [1.29, 1.82) is 0 Å². The Labute approximate surface area is 164 Å². The molecule has 0 aliphatic rings. The average Bonchev–Trinajstić information content (AvgIpc) is 2.60. The van der Waals surface area contributed by atoms with Crippen LogP contribution in [0.25, 0.3) is 0 Å². The van der Waals surface area contributed by atoms with Gasteiger partial charge < -0.3 is 20.5 Å². The molecular formula is C18H23FIN3O2. The molecule has 0 bridgehead atoms. The van der Waals surface area contributed by atoms with Crippen LogP contribution in [0.15, 0.2) is 47.5 Å². The molecule has 0 aliphatic carbocycles. The Hall–Kier alpha value is -2.03. The molecule has 5 nitrogen and oxygen atoms in total. The van der Waals surface area contributed by atoms with Crippen LogP contribution in [0, 0.1) is 5.82 Å². The highest BCUT2D eigenvalue weighted by Crippen LogP contribution is 2.22. The van der Waals surface area contributed by atoms with Crippen LogP contribution in [-0.4, -0.2) is 31.8 Å². The molecule has 0 unspecified atom stereocenters. The minimum atomic E-state index is -0.205. The predicted octanol–water partition coefficient (Wildman–Crippen LogP) is 3.07. The number of benzene rings is 2. The number of guanidine groups is 1. The number of nitrogens with zero attached hydrogens (tertiary/aromatic N) is 1. The van der Waals surface area contributed by atoms with E-state index in [1.807, 2.05) is 6.07 Å². The summed E-state index contributed by atoms with van der Waals surface area (Å²) in [6.07, 6.45) is 0.553. The first-order valence-corrected chi connectivity index (χ1v) is 7.68. The number of rotatable bonds is 6. The number of methoxy groups -OCH3 is 1. The molecule has 3 N–H and O–H groups in total. The van der Waals surface area contributed by atoms with E-state index in [-0.39, 0.29) is 35.5 Å². The van der Waals surface area contributed by atoms with Crippen LogP contribution in [0.4, 0.5) is 4.39 Å².